The Hall–Kier alpha value is -3.21. The van der Waals surface area contributed by atoms with E-state index in [1.807, 2.05) is 16.7 Å². The molecule has 1 aliphatic carbocycles. The number of hydrogen-bond acceptors (Lipinski definition) is 7. The van der Waals surface area contributed by atoms with Crippen LogP contribution in [0.1, 0.15) is 18.9 Å². The highest BCUT2D eigenvalue weighted by Crippen LogP contribution is 2.45. The fourth-order valence-electron chi connectivity index (χ4n) is 5.02. The first kappa shape index (κ1) is 23.2. The molecule has 8 nitrogen and oxygen atoms in total. The van der Waals surface area contributed by atoms with Gasteiger partial charge in [0.05, 0.1) is 23.6 Å². The van der Waals surface area contributed by atoms with Crippen LogP contribution in [0.3, 0.4) is 0 Å². The smallest absolute Gasteiger partial charge is 0.271 e. The topological polar surface area (TPSA) is 88.6 Å². The van der Waals surface area contributed by atoms with Crippen LogP contribution >= 0.6 is 11.5 Å². The Kier molecular flexibility index (Phi) is 6.02. The second-order valence-electron chi connectivity index (χ2n) is 9.27. The van der Waals surface area contributed by atoms with E-state index in [4.69, 9.17) is 9.47 Å². The van der Waals surface area contributed by atoms with Crippen LogP contribution in [0.2, 0.25) is 0 Å². The molecule has 1 saturated heterocycles. The number of ether oxygens (including phenoxy) is 2. The molecule has 188 valence electrons. The predicted octanol–water partition coefficient (Wildman–Crippen LogP) is 3.34. The lowest BCUT2D eigenvalue weighted by Crippen LogP contribution is -2.44. The van der Waals surface area contributed by atoms with Crippen molar-refractivity contribution in [2.75, 3.05) is 46.4 Å². The molecule has 2 aliphatic rings. The number of rotatable bonds is 7. The minimum atomic E-state index is -0.572. The van der Waals surface area contributed by atoms with Crippen LogP contribution in [0.25, 0.3) is 32.2 Å². The summed E-state index contributed by atoms with van der Waals surface area (Å²) in [7, 11) is 1.48. The summed E-state index contributed by atoms with van der Waals surface area (Å²) in [6, 6.07) is 8.64. The van der Waals surface area contributed by atoms with E-state index in [2.05, 4.69) is 14.6 Å². The molecule has 3 heterocycles. The number of pyridine rings is 1. The maximum absolute atomic E-state index is 15.6. The molecular weight excluding hydrogens is 483 g/mol. The Morgan fingerprint density at radius 1 is 1.14 bits per heavy atom. The van der Waals surface area contributed by atoms with Crippen molar-refractivity contribution in [1.82, 2.24) is 19.2 Å². The van der Waals surface area contributed by atoms with Crippen LogP contribution in [-0.4, -0.2) is 60.3 Å². The summed E-state index contributed by atoms with van der Waals surface area (Å²) in [4.78, 5) is 28.5. The van der Waals surface area contributed by atoms with Crippen molar-refractivity contribution in [2.45, 2.75) is 18.9 Å². The number of fused-ring (bicyclic) bond motifs is 2. The minimum absolute atomic E-state index is 0.0796. The Morgan fingerprint density at radius 2 is 1.89 bits per heavy atom. The van der Waals surface area contributed by atoms with E-state index in [1.165, 1.54) is 13.2 Å². The molecule has 1 aliphatic heterocycles. The number of H-pyrrole nitrogens is 1. The summed E-state index contributed by atoms with van der Waals surface area (Å²) < 4.78 is 31.9. The highest BCUT2D eigenvalue weighted by molar-refractivity contribution is 7.12. The van der Waals surface area contributed by atoms with Crippen LogP contribution in [0.15, 0.2) is 39.9 Å². The van der Waals surface area contributed by atoms with E-state index in [1.54, 1.807) is 12.1 Å². The molecule has 0 spiro atoms. The number of nitrogens with zero attached hydrogens (tertiary/aromatic N) is 2. The van der Waals surface area contributed by atoms with E-state index < -0.39 is 16.8 Å². The second kappa shape index (κ2) is 9.34. The number of aromatic nitrogens is 2. The standard InChI is InChI=1S/C26H27FN4O4S/c1-34-24-20(15-2-6-17(7-3-15)35-13-12-30-10-8-28-9-11-30)19(27)14-18-22(24)31(16-4-5-16)26-21(23(18)32)25(33)29-36-26/h2-3,6-7,14,16,28H,4-5,8-13H2,1H3,(H,29,33). The number of halogens is 1. The van der Waals surface area contributed by atoms with Gasteiger partial charge in [0, 0.05) is 38.8 Å². The average Bonchev–Trinajstić information content (AvgIpc) is 3.66. The van der Waals surface area contributed by atoms with Gasteiger partial charge < -0.3 is 19.4 Å². The molecule has 2 aromatic carbocycles. The maximum Gasteiger partial charge on any atom is 0.271 e. The third kappa shape index (κ3) is 3.99. The fraction of sp³-hybridized carbons (Fsp3) is 0.385. The van der Waals surface area contributed by atoms with Crippen molar-refractivity contribution >= 4 is 32.7 Å². The number of benzene rings is 2. The number of nitrogens with one attached hydrogen (secondary N) is 2. The molecule has 0 bridgehead atoms. The Morgan fingerprint density at radius 3 is 2.58 bits per heavy atom. The van der Waals surface area contributed by atoms with Crippen LogP contribution in [-0.2, 0) is 0 Å². The van der Waals surface area contributed by atoms with E-state index >= 15 is 4.39 Å². The van der Waals surface area contributed by atoms with Gasteiger partial charge in [0.15, 0.2) is 5.75 Å². The van der Waals surface area contributed by atoms with Gasteiger partial charge in [-0.1, -0.05) is 12.1 Å². The zero-order valence-corrected chi connectivity index (χ0v) is 20.8. The van der Waals surface area contributed by atoms with Crippen molar-refractivity contribution < 1.29 is 13.9 Å². The maximum atomic E-state index is 15.6. The zero-order valence-electron chi connectivity index (χ0n) is 19.9. The summed E-state index contributed by atoms with van der Waals surface area (Å²) in [6.45, 7) is 5.46. The molecule has 6 rings (SSSR count). The second-order valence-corrected chi connectivity index (χ2v) is 10.1. The molecule has 2 N–H and O–H groups in total. The fourth-order valence-corrected chi connectivity index (χ4v) is 5.94. The summed E-state index contributed by atoms with van der Waals surface area (Å²) in [5, 5.41) is 3.57. The van der Waals surface area contributed by atoms with Crippen molar-refractivity contribution in [2.24, 2.45) is 0 Å². The third-order valence-electron chi connectivity index (χ3n) is 6.96. The lowest BCUT2D eigenvalue weighted by molar-refractivity contribution is 0.191. The highest BCUT2D eigenvalue weighted by atomic mass is 32.1. The van der Waals surface area contributed by atoms with Gasteiger partial charge in [0.2, 0.25) is 5.43 Å². The summed E-state index contributed by atoms with van der Waals surface area (Å²) in [6.07, 6.45) is 1.85. The van der Waals surface area contributed by atoms with E-state index in [0.29, 0.717) is 34.0 Å². The third-order valence-corrected chi connectivity index (χ3v) is 7.85. The van der Waals surface area contributed by atoms with Crippen LogP contribution in [0, 0.1) is 5.82 Å². The van der Waals surface area contributed by atoms with Crippen molar-refractivity contribution in [3.63, 3.8) is 0 Å². The van der Waals surface area contributed by atoms with Crippen LogP contribution in [0.4, 0.5) is 4.39 Å². The molecule has 0 unspecified atom stereocenters. The summed E-state index contributed by atoms with van der Waals surface area (Å²) in [5.41, 5.74) is 0.524. The summed E-state index contributed by atoms with van der Waals surface area (Å²) >= 11 is 1.14. The molecule has 10 heteroatoms. The Bertz CT molecular complexity index is 1550. The first-order chi connectivity index (χ1) is 17.6. The molecule has 4 aromatic rings. The minimum Gasteiger partial charge on any atom is -0.494 e. The van der Waals surface area contributed by atoms with E-state index in [9.17, 15) is 9.59 Å². The van der Waals surface area contributed by atoms with Gasteiger partial charge in [-0.3, -0.25) is 18.9 Å². The number of methoxy groups -OCH3 is 1. The largest absolute Gasteiger partial charge is 0.494 e. The average molecular weight is 511 g/mol. The predicted molar refractivity (Wildman–Crippen MR) is 139 cm³/mol. The van der Waals surface area contributed by atoms with Gasteiger partial charge in [0.25, 0.3) is 5.56 Å². The van der Waals surface area contributed by atoms with E-state index in [-0.39, 0.29) is 22.4 Å². The van der Waals surface area contributed by atoms with Crippen molar-refractivity contribution in [3.8, 4) is 22.6 Å². The lowest BCUT2D eigenvalue weighted by atomic mass is 10.00. The molecule has 0 radical (unpaired) electrons. The highest BCUT2D eigenvalue weighted by Gasteiger charge is 2.32. The quantitative estimate of drug-likeness (QED) is 0.397. The van der Waals surface area contributed by atoms with Gasteiger partial charge in [-0.15, -0.1) is 0 Å². The van der Waals surface area contributed by atoms with Crippen molar-refractivity contribution in [1.29, 1.82) is 0 Å². The van der Waals surface area contributed by atoms with Gasteiger partial charge in [-0.25, -0.2) is 4.39 Å². The first-order valence-electron chi connectivity index (χ1n) is 12.2. The van der Waals surface area contributed by atoms with Crippen LogP contribution < -0.4 is 25.8 Å². The molecular formula is C26H27FN4O4S. The van der Waals surface area contributed by atoms with Gasteiger partial charge in [-0.05, 0) is 48.1 Å². The van der Waals surface area contributed by atoms with E-state index in [0.717, 1.165) is 57.1 Å². The monoisotopic (exact) mass is 510 g/mol. The molecule has 2 aromatic heterocycles. The number of hydrogen-bond donors (Lipinski definition) is 2. The molecule has 1 saturated carbocycles. The lowest BCUT2D eigenvalue weighted by Gasteiger charge is -2.26. The number of piperazine rings is 1. The molecule has 0 amide bonds. The van der Waals surface area contributed by atoms with Gasteiger partial charge in [-0.2, -0.15) is 0 Å². The Balaban J connectivity index is 1.39. The first-order valence-corrected chi connectivity index (χ1v) is 13.0. The van der Waals surface area contributed by atoms with Gasteiger partial charge >= 0.3 is 0 Å². The van der Waals surface area contributed by atoms with Crippen molar-refractivity contribution in [3.05, 3.63) is 56.7 Å². The zero-order chi connectivity index (χ0) is 24.8. The molecule has 36 heavy (non-hydrogen) atoms. The van der Waals surface area contributed by atoms with Gasteiger partial charge in [0.1, 0.15) is 28.4 Å². The normalized spacial score (nSPS) is 16.6. The molecule has 2 fully saturated rings. The summed E-state index contributed by atoms with van der Waals surface area (Å²) in [5.74, 6) is 0.434. The Labute approximate surface area is 210 Å². The number of aromatic amines is 1. The van der Waals surface area contributed by atoms with Crippen LogP contribution in [0.5, 0.6) is 11.5 Å². The molecule has 0 atom stereocenters. The SMILES string of the molecule is COc1c(-c2ccc(OCCN3CCNCC3)cc2)c(F)cc2c(=O)c3c(=O)[nH]sc3n(C3CC3)c12.